The lowest BCUT2D eigenvalue weighted by molar-refractivity contribution is -0.131. The van der Waals surface area contributed by atoms with E-state index in [0.29, 0.717) is 0 Å². The predicted octanol–water partition coefficient (Wildman–Crippen LogP) is 2.18. The fourth-order valence-electron chi connectivity index (χ4n) is 1.74. The molecule has 2 heterocycles. The third-order valence-electron chi connectivity index (χ3n) is 2.48. The van der Waals surface area contributed by atoms with E-state index in [2.05, 4.69) is 15.0 Å². The maximum Gasteiger partial charge on any atom is 0.328 e. The maximum absolute atomic E-state index is 10.5. The van der Waals surface area contributed by atoms with Crippen molar-refractivity contribution in [2.75, 3.05) is 0 Å². The number of H-pyrrole nitrogens is 1. The molecule has 0 aliphatic carbocycles. The first kappa shape index (κ1) is 11.3. The van der Waals surface area contributed by atoms with Crippen molar-refractivity contribution < 1.29 is 9.90 Å². The van der Waals surface area contributed by atoms with Gasteiger partial charge >= 0.3 is 5.97 Å². The van der Waals surface area contributed by atoms with Crippen LogP contribution in [0.25, 0.3) is 17.1 Å². The molecule has 2 rings (SSSR count). The molecule has 0 atom stereocenters. The average Bonchev–Trinajstić information content (AvgIpc) is 2.69. The highest BCUT2D eigenvalue weighted by molar-refractivity contribution is 5.93. The van der Waals surface area contributed by atoms with Crippen molar-refractivity contribution >= 4 is 23.1 Å². The van der Waals surface area contributed by atoms with E-state index >= 15 is 0 Å². The number of fused-ring (bicyclic) bond motifs is 1. The highest BCUT2D eigenvalue weighted by Gasteiger charge is 2.11. The van der Waals surface area contributed by atoms with Gasteiger partial charge in [-0.25, -0.2) is 14.8 Å². The fraction of sp³-hybridized carbons (Fsp3) is 0.250. The van der Waals surface area contributed by atoms with Gasteiger partial charge in [-0.2, -0.15) is 0 Å². The van der Waals surface area contributed by atoms with Gasteiger partial charge in [-0.3, -0.25) is 0 Å². The SMILES string of the molecule is CC(C)c1ncnc2[nH]cc(/C=C/C(=O)O)c12. The molecule has 2 N–H and O–H groups in total. The summed E-state index contributed by atoms with van der Waals surface area (Å²) in [6, 6.07) is 0. The number of carbonyl (C=O) groups is 1. The second-order valence-corrected chi connectivity index (χ2v) is 4.05. The standard InChI is InChI=1S/C12H13N3O2/c1-7(2)11-10-8(3-4-9(16)17)5-13-12(10)15-6-14-11/h3-7H,1-2H3,(H,16,17)(H,13,14,15)/b4-3+. The minimum Gasteiger partial charge on any atom is -0.478 e. The van der Waals surface area contributed by atoms with Crippen molar-refractivity contribution in [3.05, 3.63) is 29.9 Å². The molecule has 0 aliphatic rings. The number of aromatic amines is 1. The van der Waals surface area contributed by atoms with E-state index in [1.807, 2.05) is 13.8 Å². The molecule has 0 fully saturated rings. The van der Waals surface area contributed by atoms with Crippen LogP contribution in [0.15, 0.2) is 18.6 Å². The Morgan fingerprint density at radius 2 is 2.24 bits per heavy atom. The van der Waals surface area contributed by atoms with Crippen molar-refractivity contribution in [1.29, 1.82) is 0 Å². The molecule has 2 aromatic rings. The number of nitrogens with one attached hydrogen (secondary N) is 1. The highest BCUT2D eigenvalue weighted by atomic mass is 16.4. The van der Waals surface area contributed by atoms with E-state index < -0.39 is 5.97 Å². The summed E-state index contributed by atoms with van der Waals surface area (Å²) >= 11 is 0. The van der Waals surface area contributed by atoms with Crippen molar-refractivity contribution in [2.45, 2.75) is 19.8 Å². The Morgan fingerprint density at radius 3 is 2.88 bits per heavy atom. The number of rotatable bonds is 3. The maximum atomic E-state index is 10.5. The molecule has 88 valence electrons. The predicted molar refractivity (Wildman–Crippen MR) is 64.6 cm³/mol. The summed E-state index contributed by atoms with van der Waals surface area (Å²) in [5, 5.41) is 9.52. The molecule has 0 unspecified atom stereocenters. The molecule has 5 heteroatoms. The number of aliphatic carboxylic acids is 1. The number of carboxylic acid groups (broad SMARTS) is 1. The molecule has 0 saturated heterocycles. The number of nitrogens with zero attached hydrogens (tertiary/aromatic N) is 2. The van der Waals surface area contributed by atoms with Crippen LogP contribution in [-0.2, 0) is 4.79 Å². The van der Waals surface area contributed by atoms with Gasteiger partial charge in [0.25, 0.3) is 0 Å². The molecule has 5 nitrogen and oxygen atoms in total. The van der Waals surface area contributed by atoms with Gasteiger partial charge in [0.05, 0.1) is 5.69 Å². The summed E-state index contributed by atoms with van der Waals surface area (Å²) in [5.74, 6) is -0.712. The van der Waals surface area contributed by atoms with Crippen LogP contribution >= 0.6 is 0 Å². The molecule has 0 bridgehead atoms. The number of hydrogen-bond donors (Lipinski definition) is 2. The highest BCUT2D eigenvalue weighted by Crippen LogP contribution is 2.25. The Kier molecular flexibility index (Phi) is 2.91. The van der Waals surface area contributed by atoms with Gasteiger partial charge in [0, 0.05) is 23.2 Å². The Hall–Kier alpha value is -2.17. The average molecular weight is 231 g/mol. The van der Waals surface area contributed by atoms with Crippen LogP contribution < -0.4 is 0 Å². The third kappa shape index (κ3) is 2.18. The van der Waals surface area contributed by atoms with Crippen molar-refractivity contribution in [3.8, 4) is 0 Å². The Bertz CT molecular complexity index is 584. The van der Waals surface area contributed by atoms with Crippen molar-refractivity contribution in [1.82, 2.24) is 15.0 Å². The van der Waals surface area contributed by atoms with Crippen LogP contribution in [0.3, 0.4) is 0 Å². The number of carboxylic acids is 1. The van der Waals surface area contributed by atoms with Gasteiger partial charge in [0.15, 0.2) is 0 Å². The van der Waals surface area contributed by atoms with Gasteiger partial charge in [0.2, 0.25) is 0 Å². The molecular formula is C12H13N3O2. The van der Waals surface area contributed by atoms with Gasteiger partial charge in [-0.1, -0.05) is 13.8 Å². The largest absolute Gasteiger partial charge is 0.478 e. The zero-order valence-electron chi connectivity index (χ0n) is 9.64. The van der Waals surface area contributed by atoms with Crippen LogP contribution in [0.4, 0.5) is 0 Å². The molecule has 0 saturated carbocycles. The zero-order chi connectivity index (χ0) is 12.4. The van der Waals surface area contributed by atoms with Gasteiger partial charge < -0.3 is 10.1 Å². The van der Waals surface area contributed by atoms with E-state index in [1.54, 1.807) is 12.3 Å². The summed E-state index contributed by atoms with van der Waals surface area (Å²) in [4.78, 5) is 21.9. The van der Waals surface area contributed by atoms with Crippen LogP contribution in [-0.4, -0.2) is 26.0 Å². The van der Waals surface area contributed by atoms with Crippen LogP contribution in [0.5, 0.6) is 0 Å². The second kappa shape index (κ2) is 4.37. The smallest absolute Gasteiger partial charge is 0.328 e. The summed E-state index contributed by atoms with van der Waals surface area (Å²) in [5.41, 5.74) is 2.45. The van der Waals surface area contributed by atoms with Gasteiger partial charge in [-0.05, 0) is 12.0 Å². The summed E-state index contributed by atoms with van der Waals surface area (Å²) in [7, 11) is 0. The van der Waals surface area contributed by atoms with Crippen molar-refractivity contribution in [3.63, 3.8) is 0 Å². The lowest BCUT2D eigenvalue weighted by Gasteiger charge is -2.05. The first-order valence-electron chi connectivity index (χ1n) is 5.32. The summed E-state index contributed by atoms with van der Waals surface area (Å²) in [6.45, 7) is 4.08. The summed E-state index contributed by atoms with van der Waals surface area (Å²) < 4.78 is 0. The van der Waals surface area contributed by atoms with E-state index in [0.717, 1.165) is 28.4 Å². The first-order valence-corrected chi connectivity index (χ1v) is 5.32. The Morgan fingerprint density at radius 1 is 1.47 bits per heavy atom. The minimum atomic E-state index is -0.970. The Balaban J connectivity index is 2.61. The number of aromatic nitrogens is 3. The molecule has 0 spiro atoms. The Labute approximate surface area is 98.2 Å². The third-order valence-corrected chi connectivity index (χ3v) is 2.48. The molecule has 2 aromatic heterocycles. The lowest BCUT2D eigenvalue weighted by Crippen LogP contribution is -1.95. The van der Waals surface area contributed by atoms with E-state index in [9.17, 15) is 4.79 Å². The molecule has 17 heavy (non-hydrogen) atoms. The molecule has 0 radical (unpaired) electrons. The lowest BCUT2D eigenvalue weighted by atomic mass is 10.0. The van der Waals surface area contributed by atoms with Gasteiger partial charge in [0.1, 0.15) is 12.0 Å². The molecular weight excluding hydrogens is 218 g/mol. The van der Waals surface area contributed by atoms with E-state index in [-0.39, 0.29) is 5.92 Å². The van der Waals surface area contributed by atoms with Crippen LogP contribution in [0.1, 0.15) is 31.0 Å². The van der Waals surface area contributed by atoms with Gasteiger partial charge in [-0.15, -0.1) is 0 Å². The monoisotopic (exact) mass is 231 g/mol. The summed E-state index contributed by atoms with van der Waals surface area (Å²) in [6.07, 6.45) is 5.92. The van der Waals surface area contributed by atoms with Crippen LogP contribution in [0, 0.1) is 0 Å². The minimum absolute atomic E-state index is 0.258. The van der Waals surface area contributed by atoms with Crippen LogP contribution in [0.2, 0.25) is 0 Å². The topological polar surface area (TPSA) is 78.9 Å². The second-order valence-electron chi connectivity index (χ2n) is 4.05. The van der Waals surface area contributed by atoms with E-state index in [1.165, 1.54) is 6.33 Å². The fourth-order valence-corrected chi connectivity index (χ4v) is 1.74. The quantitative estimate of drug-likeness (QED) is 0.793. The molecule has 0 aliphatic heterocycles. The number of hydrogen-bond acceptors (Lipinski definition) is 3. The van der Waals surface area contributed by atoms with E-state index in [4.69, 9.17) is 5.11 Å². The normalized spacial score (nSPS) is 11.7. The molecule has 0 aromatic carbocycles. The molecule has 0 amide bonds. The van der Waals surface area contributed by atoms with Crippen molar-refractivity contribution in [2.24, 2.45) is 0 Å². The first-order chi connectivity index (χ1) is 8.09. The zero-order valence-corrected chi connectivity index (χ0v) is 9.64.